The van der Waals surface area contributed by atoms with E-state index in [2.05, 4.69) is 10.6 Å². The van der Waals surface area contributed by atoms with Gasteiger partial charge >= 0.3 is 0 Å². The molecule has 0 spiro atoms. The topological polar surface area (TPSA) is 76.7 Å². The van der Waals surface area contributed by atoms with Gasteiger partial charge in [0, 0.05) is 40.6 Å². The molecule has 39 heavy (non-hydrogen) atoms. The Labute approximate surface area is 229 Å². The molecule has 2 atom stereocenters. The Morgan fingerprint density at radius 1 is 0.872 bits per heavy atom. The molecule has 6 nitrogen and oxygen atoms in total. The predicted molar refractivity (Wildman–Crippen MR) is 153 cm³/mol. The van der Waals surface area contributed by atoms with E-state index in [1.54, 1.807) is 14.2 Å². The Morgan fingerprint density at radius 2 is 1.56 bits per heavy atom. The van der Waals surface area contributed by atoms with Gasteiger partial charge in [-0.25, -0.2) is 0 Å². The molecule has 1 amide bonds. The molecule has 3 aromatic rings. The maximum Gasteiger partial charge on any atom is 0.254 e. The van der Waals surface area contributed by atoms with E-state index in [9.17, 15) is 9.59 Å². The first-order valence-electron chi connectivity index (χ1n) is 13.2. The molecular weight excluding hydrogens is 488 g/mol. The van der Waals surface area contributed by atoms with Gasteiger partial charge in [-0.05, 0) is 68.0 Å². The Hall–Kier alpha value is -4.32. The van der Waals surface area contributed by atoms with Gasteiger partial charge in [-0.15, -0.1) is 0 Å². The molecule has 0 fully saturated rings. The molecule has 3 aromatic carbocycles. The number of anilines is 1. The number of aryl methyl sites for hydroxylation is 2. The van der Waals surface area contributed by atoms with Gasteiger partial charge < -0.3 is 20.1 Å². The van der Waals surface area contributed by atoms with Crippen LogP contribution in [-0.4, -0.2) is 25.9 Å². The Bertz CT molecular complexity index is 1500. The van der Waals surface area contributed by atoms with E-state index in [1.807, 2.05) is 87.5 Å². The quantitative estimate of drug-likeness (QED) is 0.396. The van der Waals surface area contributed by atoms with Crippen LogP contribution in [0.4, 0.5) is 5.69 Å². The van der Waals surface area contributed by atoms with Crippen LogP contribution in [-0.2, 0) is 9.59 Å². The fourth-order valence-electron chi connectivity index (χ4n) is 5.68. The molecule has 5 rings (SSSR count). The van der Waals surface area contributed by atoms with Crippen molar-refractivity contribution in [1.82, 2.24) is 5.32 Å². The number of hydrogen-bond donors (Lipinski definition) is 2. The van der Waals surface area contributed by atoms with Gasteiger partial charge in [-0.3, -0.25) is 9.59 Å². The molecule has 1 aliphatic heterocycles. The third-order valence-corrected chi connectivity index (χ3v) is 7.76. The number of benzene rings is 3. The number of dihydropyridines is 1. The summed E-state index contributed by atoms with van der Waals surface area (Å²) in [6, 6.07) is 21.6. The lowest BCUT2D eigenvalue weighted by molar-refractivity contribution is -0.116. The maximum atomic E-state index is 13.9. The van der Waals surface area contributed by atoms with Crippen LogP contribution >= 0.6 is 0 Å². The van der Waals surface area contributed by atoms with Crippen LogP contribution in [0.1, 0.15) is 53.9 Å². The zero-order valence-electron chi connectivity index (χ0n) is 23.1. The summed E-state index contributed by atoms with van der Waals surface area (Å²) in [5.41, 5.74) is 7.69. The second-order valence-electron chi connectivity index (χ2n) is 10.3. The summed E-state index contributed by atoms with van der Waals surface area (Å²) in [5.74, 6) is 0.662. The summed E-state index contributed by atoms with van der Waals surface area (Å²) in [5, 5.41) is 6.56. The second kappa shape index (κ2) is 10.8. The van der Waals surface area contributed by atoms with Crippen LogP contribution in [0, 0.1) is 13.8 Å². The van der Waals surface area contributed by atoms with Crippen LogP contribution < -0.4 is 20.1 Å². The molecule has 200 valence electrons. The van der Waals surface area contributed by atoms with E-state index in [-0.39, 0.29) is 17.6 Å². The van der Waals surface area contributed by atoms with E-state index in [1.165, 1.54) is 0 Å². The van der Waals surface area contributed by atoms with Crippen molar-refractivity contribution in [1.29, 1.82) is 0 Å². The van der Waals surface area contributed by atoms with Crippen LogP contribution in [0.2, 0.25) is 0 Å². The van der Waals surface area contributed by atoms with Gasteiger partial charge in [0.2, 0.25) is 0 Å². The third-order valence-electron chi connectivity index (χ3n) is 7.76. The molecule has 0 bridgehead atoms. The lowest BCUT2D eigenvalue weighted by Crippen LogP contribution is -2.37. The van der Waals surface area contributed by atoms with Gasteiger partial charge in [0.1, 0.15) is 0 Å². The Morgan fingerprint density at radius 3 is 2.26 bits per heavy atom. The highest BCUT2D eigenvalue weighted by molar-refractivity contribution is 6.10. The number of ether oxygens (including phenoxy) is 2. The smallest absolute Gasteiger partial charge is 0.254 e. The van der Waals surface area contributed by atoms with E-state index >= 15 is 0 Å². The lowest BCUT2D eigenvalue weighted by Gasteiger charge is -2.37. The average molecular weight is 523 g/mol. The SMILES string of the molecule is COc1ccc([C@@H]2CC(=O)C3=C(C2)NC(C)=C(C(=O)Nc2ccccc2C)[C@H]3c2ccc(C)cc2)cc1OC. The van der Waals surface area contributed by atoms with E-state index < -0.39 is 5.92 Å². The first kappa shape index (κ1) is 26.3. The number of Topliss-reactive ketones (excluding diaryl/α,β-unsaturated/α-hetero) is 1. The minimum atomic E-state index is -0.454. The van der Waals surface area contributed by atoms with Crippen molar-refractivity contribution in [2.75, 3.05) is 19.5 Å². The highest BCUT2D eigenvalue weighted by atomic mass is 16.5. The number of allylic oxidation sites excluding steroid dienone is 3. The molecule has 1 heterocycles. The minimum Gasteiger partial charge on any atom is -0.493 e. The fraction of sp³-hybridized carbons (Fsp3) is 0.273. The number of carbonyl (C=O) groups excluding carboxylic acids is 2. The highest BCUT2D eigenvalue weighted by Crippen LogP contribution is 2.46. The first-order valence-corrected chi connectivity index (χ1v) is 13.2. The number of methoxy groups -OCH3 is 2. The van der Waals surface area contributed by atoms with Crippen molar-refractivity contribution >= 4 is 17.4 Å². The summed E-state index contributed by atoms with van der Waals surface area (Å²) < 4.78 is 10.9. The van der Waals surface area contributed by atoms with E-state index in [0.717, 1.165) is 39.3 Å². The van der Waals surface area contributed by atoms with E-state index in [4.69, 9.17) is 9.47 Å². The third kappa shape index (κ3) is 5.07. The molecule has 2 aliphatic rings. The Kier molecular flexibility index (Phi) is 7.29. The van der Waals surface area contributed by atoms with Crippen molar-refractivity contribution in [2.24, 2.45) is 0 Å². The number of ketones is 1. The zero-order valence-corrected chi connectivity index (χ0v) is 23.1. The van der Waals surface area contributed by atoms with Crippen molar-refractivity contribution in [3.8, 4) is 11.5 Å². The van der Waals surface area contributed by atoms with Gasteiger partial charge in [0.15, 0.2) is 17.3 Å². The van der Waals surface area contributed by atoms with Crippen molar-refractivity contribution in [3.05, 3.63) is 112 Å². The van der Waals surface area contributed by atoms with Crippen molar-refractivity contribution in [3.63, 3.8) is 0 Å². The summed E-state index contributed by atoms with van der Waals surface area (Å²) in [4.78, 5) is 27.7. The number of nitrogens with one attached hydrogen (secondary N) is 2. The van der Waals surface area contributed by atoms with Crippen molar-refractivity contribution < 1.29 is 19.1 Å². The number of rotatable bonds is 6. The number of carbonyl (C=O) groups is 2. The van der Waals surface area contributed by atoms with Gasteiger partial charge in [-0.1, -0.05) is 54.1 Å². The zero-order chi connectivity index (χ0) is 27.7. The lowest BCUT2D eigenvalue weighted by atomic mass is 9.71. The average Bonchev–Trinajstić information content (AvgIpc) is 2.93. The van der Waals surface area contributed by atoms with Gasteiger partial charge in [-0.2, -0.15) is 0 Å². The second-order valence-corrected chi connectivity index (χ2v) is 10.3. The van der Waals surface area contributed by atoms with Gasteiger partial charge in [0.25, 0.3) is 5.91 Å². The van der Waals surface area contributed by atoms with Crippen LogP contribution in [0.5, 0.6) is 11.5 Å². The molecule has 0 saturated heterocycles. The normalized spacial score (nSPS) is 18.8. The molecule has 6 heteroatoms. The molecule has 0 aromatic heterocycles. The molecule has 0 radical (unpaired) electrons. The van der Waals surface area contributed by atoms with E-state index in [0.29, 0.717) is 35.5 Å². The largest absolute Gasteiger partial charge is 0.493 e. The maximum absolute atomic E-state index is 13.9. The summed E-state index contributed by atoms with van der Waals surface area (Å²) in [6.07, 6.45) is 1.01. The summed E-state index contributed by atoms with van der Waals surface area (Å²) in [6.45, 7) is 5.92. The summed E-state index contributed by atoms with van der Waals surface area (Å²) >= 11 is 0. The Balaban J connectivity index is 1.55. The standard InChI is InChI=1S/C33H34N2O4/c1-19-10-12-22(13-11-19)31-30(33(37)35-25-9-7-6-8-20(25)2)21(3)34-26-16-24(17-27(36)32(26)31)23-14-15-28(38-4)29(18-23)39-5/h6-15,18,24,31,34H,16-17H2,1-5H3,(H,35,37)/t24-,31+/m0/s1. The predicted octanol–water partition coefficient (Wildman–Crippen LogP) is 6.32. The number of hydrogen-bond acceptors (Lipinski definition) is 5. The first-order chi connectivity index (χ1) is 18.8. The van der Waals surface area contributed by atoms with Gasteiger partial charge in [0.05, 0.1) is 14.2 Å². The molecule has 2 N–H and O–H groups in total. The van der Waals surface area contributed by atoms with Crippen LogP contribution in [0.3, 0.4) is 0 Å². The molecule has 0 unspecified atom stereocenters. The minimum absolute atomic E-state index is 0.0163. The fourth-order valence-corrected chi connectivity index (χ4v) is 5.68. The molecule has 1 aliphatic carbocycles. The number of para-hydroxylation sites is 1. The molecular formula is C33H34N2O4. The monoisotopic (exact) mass is 522 g/mol. The van der Waals surface area contributed by atoms with Crippen LogP contribution in [0.25, 0.3) is 0 Å². The summed E-state index contributed by atoms with van der Waals surface area (Å²) in [7, 11) is 3.22. The highest BCUT2D eigenvalue weighted by Gasteiger charge is 2.41. The van der Waals surface area contributed by atoms with Crippen LogP contribution in [0.15, 0.2) is 89.3 Å². The molecule has 0 saturated carbocycles. The van der Waals surface area contributed by atoms with Crippen molar-refractivity contribution in [2.45, 2.75) is 45.4 Å². The number of amides is 1.